The summed E-state index contributed by atoms with van der Waals surface area (Å²) < 4.78 is 5.47. The van der Waals surface area contributed by atoms with E-state index in [1.807, 2.05) is 13.0 Å². The van der Waals surface area contributed by atoms with Gasteiger partial charge in [0.15, 0.2) is 0 Å². The fourth-order valence-electron chi connectivity index (χ4n) is 2.00. The molecule has 2 aromatic heterocycles. The van der Waals surface area contributed by atoms with Gasteiger partial charge in [-0.1, -0.05) is 12.1 Å². The number of non-ortho nitro benzene ring substituents is 1. The van der Waals surface area contributed by atoms with Gasteiger partial charge in [-0.15, -0.1) is 0 Å². The van der Waals surface area contributed by atoms with Crippen LogP contribution in [0.25, 0.3) is 22.7 Å². The minimum atomic E-state index is -0.435. The van der Waals surface area contributed by atoms with Crippen LogP contribution in [-0.4, -0.2) is 14.9 Å². The van der Waals surface area contributed by atoms with E-state index in [0.717, 1.165) is 11.1 Å². The molecule has 0 N–H and O–H groups in total. The fraction of sp³-hybridized carbons (Fsp3) is 0.0667. The van der Waals surface area contributed by atoms with Crippen molar-refractivity contribution < 1.29 is 9.34 Å². The fourth-order valence-corrected chi connectivity index (χ4v) is 2.00. The SMILES string of the molecule is Cc1ccncc1-c1nc(-c2cccc([N+](=O)[O-])c2)co1. The van der Waals surface area contributed by atoms with Crippen molar-refractivity contribution in [1.82, 2.24) is 9.97 Å². The third-order valence-corrected chi connectivity index (χ3v) is 3.13. The Morgan fingerprint density at radius 2 is 2.14 bits per heavy atom. The molecule has 2 heterocycles. The minimum Gasteiger partial charge on any atom is -0.444 e. The van der Waals surface area contributed by atoms with E-state index in [9.17, 15) is 10.1 Å². The molecule has 0 saturated carbocycles. The number of hydrogen-bond acceptors (Lipinski definition) is 5. The summed E-state index contributed by atoms with van der Waals surface area (Å²) in [6.45, 7) is 1.94. The molecule has 0 aliphatic carbocycles. The summed E-state index contributed by atoms with van der Waals surface area (Å²) in [5.74, 6) is 0.446. The summed E-state index contributed by atoms with van der Waals surface area (Å²) in [5.41, 5.74) is 3.01. The molecule has 0 spiro atoms. The van der Waals surface area contributed by atoms with Gasteiger partial charge in [0.1, 0.15) is 12.0 Å². The molecule has 0 aliphatic heterocycles. The third kappa shape index (κ3) is 2.51. The maximum Gasteiger partial charge on any atom is 0.270 e. The van der Waals surface area contributed by atoms with Crippen LogP contribution < -0.4 is 0 Å². The topological polar surface area (TPSA) is 82.1 Å². The molecule has 0 bridgehead atoms. The number of pyridine rings is 1. The Balaban J connectivity index is 2.01. The first-order valence-electron chi connectivity index (χ1n) is 6.26. The normalized spacial score (nSPS) is 10.5. The van der Waals surface area contributed by atoms with Gasteiger partial charge < -0.3 is 4.42 Å². The zero-order valence-electron chi connectivity index (χ0n) is 11.2. The van der Waals surface area contributed by atoms with E-state index in [1.54, 1.807) is 24.5 Å². The summed E-state index contributed by atoms with van der Waals surface area (Å²) in [5, 5.41) is 10.8. The molecular formula is C15H11N3O3. The Morgan fingerprint density at radius 1 is 1.29 bits per heavy atom. The molecule has 6 heteroatoms. The van der Waals surface area contributed by atoms with E-state index >= 15 is 0 Å². The smallest absolute Gasteiger partial charge is 0.270 e. The van der Waals surface area contributed by atoms with Crippen molar-refractivity contribution in [2.75, 3.05) is 0 Å². The Hall–Kier alpha value is -3.02. The predicted octanol–water partition coefficient (Wildman–Crippen LogP) is 3.62. The first-order chi connectivity index (χ1) is 10.1. The number of benzene rings is 1. The Labute approximate surface area is 120 Å². The molecule has 6 nitrogen and oxygen atoms in total. The van der Waals surface area contributed by atoms with Crippen LogP contribution in [0.3, 0.4) is 0 Å². The first kappa shape index (κ1) is 13.0. The molecule has 1 aromatic carbocycles. The summed E-state index contributed by atoms with van der Waals surface area (Å²) in [6.07, 6.45) is 4.86. The number of aromatic nitrogens is 2. The molecule has 0 amide bonds. The Kier molecular flexibility index (Phi) is 3.19. The average molecular weight is 281 g/mol. The standard InChI is InChI=1S/C15H11N3O3/c1-10-5-6-16-8-13(10)15-17-14(9-21-15)11-3-2-4-12(7-11)18(19)20/h2-9H,1H3. The molecule has 0 atom stereocenters. The molecular weight excluding hydrogens is 270 g/mol. The molecule has 104 valence electrons. The zero-order valence-corrected chi connectivity index (χ0v) is 11.2. The molecule has 0 radical (unpaired) electrons. The van der Waals surface area contributed by atoms with Gasteiger partial charge in [0, 0.05) is 30.1 Å². The molecule has 21 heavy (non-hydrogen) atoms. The lowest BCUT2D eigenvalue weighted by atomic mass is 10.1. The van der Waals surface area contributed by atoms with Crippen molar-refractivity contribution in [2.24, 2.45) is 0 Å². The average Bonchev–Trinajstić information content (AvgIpc) is 2.97. The van der Waals surface area contributed by atoms with Crippen LogP contribution in [0.1, 0.15) is 5.56 Å². The van der Waals surface area contributed by atoms with E-state index < -0.39 is 4.92 Å². The van der Waals surface area contributed by atoms with Crippen LogP contribution in [0.4, 0.5) is 5.69 Å². The van der Waals surface area contributed by atoms with E-state index in [1.165, 1.54) is 18.4 Å². The quantitative estimate of drug-likeness (QED) is 0.541. The molecule has 3 rings (SSSR count). The van der Waals surface area contributed by atoms with Gasteiger partial charge in [-0.05, 0) is 18.6 Å². The highest BCUT2D eigenvalue weighted by Gasteiger charge is 2.13. The second kappa shape index (κ2) is 5.16. The second-order valence-corrected chi connectivity index (χ2v) is 4.54. The number of nitro benzene ring substituents is 1. The van der Waals surface area contributed by atoms with E-state index in [0.29, 0.717) is 17.1 Å². The lowest BCUT2D eigenvalue weighted by Crippen LogP contribution is -1.88. The largest absolute Gasteiger partial charge is 0.444 e. The number of hydrogen-bond donors (Lipinski definition) is 0. The Bertz CT molecular complexity index is 811. The molecule has 0 unspecified atom stereocenters. The first-order valence-corrected chi connectivity index (χ1v) is 6.26. The van der Waals surface area contributed by atoms with Crippen LogP contribution in [-0.2, 0) is 0 Å². The van der Waals surface area contributed by atoms with Crippen molar-refractivity contribution in [3.05, 3.63) is 64.7 Å². The molecule has 0 saturated heterocycles. The van der Waals surface area contributed by atoms with Crippen LogP contribution in [0.2, 0.25) is 0 Å². The highest BCUT2D eigenvalue weighted by atomic mass is 16.6. The van der Waals surface area contributed by atoms with Gasteiger partial charge >= 0.3 is 0 Å². The summed E-state index contributed by atoms with van der Waals surface area (Å²) in [6, 6.07) is 8.15. The molecule has 3 aromatic rings. The van der Waals surface area contributed by atoms with Gasteiger partial charge in [-0.25, -0.2) is 4.98 Å². The van der Waals surface area contributed by atoms with Gasteiger partial charge in [0.25, 0.3) is 5.69 Å². The monoisotopic (exact) mass is 281 g/mol. The number of aryl methyl sites for hydroxylation is 1. The number of nitro groups is 1. The van der Waals surface area contributed by atoms with E-state index in [2.05, 4.69) is 9.97 Å². The third-order valence-electron chi connectivity index (χ3n) is 3.13. The van der Waals surface area contributed by atoms with Crippen LogP contribution >= 0.6 is 0 Å². The van der Waals surface area contributed by atoms with E-state index in [-0.39, 0.29) is 5.69 Å². The lowest BCUT2D eigenvalue weighted by molar-refractivity contribution is -0.384. The number of oxazole rings is 1. The summed E-state index contributed by atoms with van der Waals surface area (Å²) in [4.78, 5) is 18.8. The van der Waals surface area contributed by atoms with Gasteiger partial charge in [-0.3, -0.25) is 15.1 Å². The lowest BCUT2D eigenvalue weighted by Gasteiger charge is -1.98. The van der Waals surface area contributed by atoms with Crippen molar-refractivity contribution in [2.45, 2.75) is 6.92 Å². The predicted molar refractivity (Wildman–Crippen MR) is 76.6 cm³/mol. The zero-order chi connectivity index (χ0) is 14.8. The maximum absolute atomic E-state index is 10.8. The summed E-state index contributed by atoms with van der Waals surface area (Å²) in [7, 11) is 0. The van der Waals surface area contributed by atoms with Crippen LogP contribution in [0.15, 0.2) is 53.4 Å². The number of nitrogens with zero attached hydrogens (tertiary/aromatic N) is 3. The highest BCUT2D eigenvalue weighted by molar-refractivity contribution is 5.65. The number of rotatable bonds is 3. The van der Waals surface area contributed by atoms with Crippen LogP contribution in [0.5, 0.6) is 0 Å². The van der Waals surface area contributed by atoms with Gasteiger partial charge in [0.2, 0.25) is 5.89 Å². The Morgan fingerprint density at radius 3 is 2.90 bits per heavy atom. The summed E-state index contributed by atoms with van der Waals surface area (Å²) >= 11 is 0. The van der Waals surface area contributed by atoms with Crippen molar-refractivity contribution in [3.63, 3.8) is 0 Å². The second-order valence-electron chi connectivity index (χ2n) is 4.54. The molecule has 0 aliphatic rings. The maximum atomic E-state index is 10.8. The van der Waals surface area contributed by atoms with Gasteiger partial charge in [0.05, 0.1) is 10.5 Å². The minimum absolute atomic E-state index is 0.0228. The van der Waals surface area contributed by atoms with Crippen LogP contribution in [0, 0.1) is 17.0 Å². The van der Waals surface area contributed by atoms with Gasteiger partial charge in [-0.2, -0.15) is 0 Å². The van der Waals surface area contributed by atoms with E-state index in [4.69, 9.17) is 4.42 Å². The van der Waals surface area contributed by atoms with Crippen molar-refractivity contribution >= 4 is 5.69 Å². The highest BCUT2D eigenvalue weighted by Crippen LogP contribution is 2.27. The molecule has 0 fully saturated rings. The van der Waals surface area contributed by atoms with Crippen molar-refractivity contribution in [1.29, 1.82) is 0 Å². The van der Waals surface area contributed by atoms with Crippen molar-refractivity contribution in [3.8, 4) is 22.7 Å².